The molecule has 0 radical (unpaired) electrons. The minimum atomic E-state index is 0.458. The molecule has 1 aliphatic heterocycles. The van der Waals surface area contributed by atoms with Crippen molar-refractivity contribution >= 4 is 0 Å². The highest BCUT2D eigenvalue weighted by Gasteiger charge is 2.21. The highest BCUT2D eigenvalue weighted by Crippen LogP contribution is 2.29. The van der Waals surface area contributed by atoms with Crippen molar-refractivity contribution < 1.29 is 0 Å². The maximum absolute atomic E-state index is 4.47. The molecule has 1 fully saturated rings. The van der Waals surface area contributed by atoms with Crippen LogP contribution in [-0.4, -0.2) is 16.7 Å². The Morgan fingerprint density at radius 2 is 2.06 bits per heavy atom. The van der Waals surface area contributed by atoms with Crippen LogP contribution in [0.25, 0.3) is 11.3 Å². The summed E-state index contributed by atoms with van der Waals surface area (Å²) in [7, 11) is 0. The van der Waals surface area contributed by atoms with Gasteiger partial charge in [-0.05, 0) is 31.9 Å². The Bertz CT molecular complexity index is 495. The van der Waals surface area contributed by atoms with E-state index in [4.69, 9.17) is 0 Å². The van der Waals surface area contributed by atoms with Crippen molar-refractivity contribution in [3.8, 4) is 11.3 Å². The monoisotopic (exact) mass is 227 g/mol. The van der Waals surface area contributed by atoms with Crippen molar-refractivity contribution in [1.82, 2.24) is 15.5 Å². The van der Waals surface area contributed by atoms with Crippen molar-refractivity contribution in [2.45, 2.75) is 25.8 Å². The van der Waals surface area contributed by atoms with Crippen LogP contribution in [0.5, 0.6) is 0 Å². The van der Waals surface area contributed by atoms with Crippen LogP contribution in [0.1, 0.15) is 30.1 Å². The Balaban J connectivity index is 1.97. The van der Waals surface area contributed by atoms with E-state index in [9.17, 15) is 0 Å². The van der Waals surface area contributed by atoms with E-state index < -0.39 is 0 Å². The molecule has 2 N–H and O–H groups in total. The maximum atomic E-state index is 4.47. The van der Waals surface area contributed by atoms with Crippen LogP contribution in [0, 0.1) is 6.92 Å². The lowest BCUT2D eigenvalue weighted by molar-refractivity contribution is 0.622. The minimum Gasteiger partial charge on any atom is -0.309 e. The van der Waals surface area contributed by atoms with E-state index in [2.05, 4.69) is 46.7 Å². The number of nitrogens with one attached hydrogen (secondary N) is 2. The first-order valence-electron chi connectivity index (χ1n) is 6.20. The lowest BCUT2D eigenvalue weighted by Crippen LogP contribution is -2.14. The molecule has 1 unspecified atom stereocenters. The van der Waals surface area contributed by atoms with Crippen LogP contribution < -0.4 is 5.32 Å². The van der Waals surface area contributed by atoms with Gasteiger partial charge in [-0.15, -0.1) is 0 Å². The summed E-state index contributed by atoms with van der Waals surface area (Å²) >= 11 is 0. The van der Waals surface area contributed by atoms with Crippen LogP contribution in [-0.2, 0) is 0 Å². The Kier molecular flexibility index (Phi) is 2.69. The van der Waals surface area contributed by atoms with Gasteiger partial charge in [0.15, 0.2) is 0 Å². The summed E-state index contributed by atoms with van der Waals surface area (Å²) in [5, 5.41) is 11.2. The number of H-pyrrole nitrogens is 1. The fraction of sp³-hybridized carbons (Fsp3) is 0.357. The predicted octanol–water partition coefficient (Wildman–Crippen LogP) is 2.81. The first kappa shape index (κ1) is 10.5. The molecule has 1 aromatic heterocycles. The molecule has 1 atom stereocenters. The number of benzene rings is 1. The van der Waals surface area contributed by atoms with Gasteiger partial charge in [0.2, 0.25) is 0 Å². The third kappa shape index (κ3) is 1.87. The molecular weight excluding hydrogens is 210 g/mol. The Labute approximate surface area is 101 Å². The van der Waals surface area contributed by atoms with Gasteiger partial charge in [-0.1, -0.05) is 30.3 Å². The molecule has 0 amide bonds. The Morgan fingerprint density at radius 3 is 2.76 bits per heavy atom. The molecule has 1 saturated heterocycles. The molecule has 1 aliphatic rings. The van der Waals surface area contributed by atoms with Crippen molar-refractivity contribution in [3.05, 3.63) is 41.6 Å². The molecule has 17 heavy (non-hydrogen) atoms. The summed E-state index contributed by atoms with van der Waals surface area (Å²) in [6, 6.07) is 10.8. The zero-order valence-corrected chi connectivity index (χ0v) is 10.0. The first-order valence-corrected chi connectivity index (χ1v) is 6.20. The lowest BCUT2D eigenvalue weighted by atomic mass is 10.0. The molecule has 0 bridgehead atoms. The van der Waals surface area contributed by atoms with Crippen LogP contribution in [0.3, 0.4) is 0 Å². The summed E-state index contributed by atoms with van der Waals surface area (Å²) < 4.78 is 0. The SMILES string of the molecule is Cc1c(-c2ccccc2)n[nH]c1C1CCCN1. The molecule has 2 heterocycles. The van der Waals surface area contributed by atoms with E-state index in [-0.39, 0.29) is 0 Å². The molecule has 0 spiro atoms. The smallest absolute Gasteiger partial charge is 0.0953 e. The zero-order chi connectivity index (χ0) is 11.7. The topological polar surface area (TPSA) is 40.7 Å². The van der Waals surface area contributed by atoms with Crippen molar-refractivity contribution in [2.75, 3.05) is 6.54 Å². The Morgan fingerprint density at radius 1 is 1.24 bits per heavy atom. The van der Waals surface area contributed by atoms with Gasteiger partial charge >= 0.3 is 0 Å². The summed E-state index contributed by atoms with van der Waals surface area (Å²) in [6.07, 6.45) is 2.46. The fourth-order valence-corrected chi connectivity index (χ4v) is 2.56. The van der Waals surface area contributed by atoms with Crippen molar-refractivity contribution in [1.29, 1.82) is 0 Å². The number of hydrogen-bond donors (Lipinski definition) is 2. The number of nitrogens with zero attached hydrogens (tertiary/aromatic N) is 1. The van der Waals surface area contributed by atoms with Crippen LogP contribution in [0.2, 0.25) is 0 Å². The molecular formula is C14H17N3. The van der Waals surface area contributed by atoms with Crippen LogP contribution in [0.15, 0.2) is 30.3 Å². The third-order valence-corrected chi connectivity index (χ3v) is 3.50. The average molecular weight is 227 g/mol. The molecule has 0 aliphatic carbocycles. The highest BCUT2D eigenvalue weighted by atomic mass is 15.1. The standard InChI is InChI=1S/C14H17N3/c1-10-13(11-6-3-2-4-7-11)16-17-14(10)12-8-5-9-15-12/h2-4,6-7,12,15H,5,8-9H2,1H3,(H,16,17). The van der Waals surface area contributed by atoms with E-state index in [0.717, 1.165) is 12.2 Å². The molecule has 2 aromatic rings. The normalized spacial score (nSPS) is 19.7. The van der Waals surface area contributed by atoms with E-state index in [1.807, 2.05) is 6.07 Å². The zero-order valence-electron chi connectivity index (χ0n) is 10.0. The summed E-state index contributed by atoms with van der Waals surface area (Å²) in [6.45, 7) is 3.27. The van der Waals surface area contributed by atoms with E-state index in [1.54, 1.807) is 0 Å². The van der Waals surface area contributed by atoms with Gasteiger partial charge in [-0.25, -0.2) is 0 Å². The lowest BCUT2D eigenvalue weighted by Gasteiger charge is -2.08. The fourth-order valence-electron chi connectivity index (χ4n) is 2.56. The van der Waals surface area contributed by atoms with Gasteiger partial charge in [-0.3, -0.25) is 5.10 Å². The van der Waals surface area contributed by atoms with Gasteiger partial charge in [0, 0.05) is 11.6 Å². The summed E-state index contributed by atoms with van der Waals surface area (Å²) in [4.78, 5) is 0. The van der Waals surface area contributed by atoms with E-state index >= 15 is 0 Å². The second-order valence-electron chi connectivity index (χ2n) is 4.63. The molecule has 88 valence electrons. The maximum Gasteiger partial charge on any atom is 0.0953 e. The van der Waals surface area contributed by atoms with Gasteiger partial charge in [0.25, 0.3) is 0 Å². The first-order chi connectivity index (χ1) is 8.36. The van der Waals surface area contributed by atoms with Crippen LogP contribution >= 0.6 is 0 Å². The summed E-state index contributed by atoms with van der Waals surface area (Å²) in [5.41, 5.74) is 4.79. The summed E-state index contributed by atoms with van der Waals surface area (Å²) in [5.74, 6) is 0. The van der Waals surface area contributed by atoms with Crippen LogP contribution in [0.4, 0.5) is 0 Å². The molecule has 3 heteroatoms. The van der Waals surface area contributed by atoms with Crippen molar-refractivity contribution in [3.63, 3.8) is 0 Å². The molecule has 3 nitrogen and oxygen atoms in total. The predicted molar refractivity (Wildman–Crippen MR) is 68.7 cm³/mol. The largest absolute Gasteiger partial charge is 0.309 e. The second kappa shape index (κ2) is 4.34. The van der Waals surface area contributed by atoms with Gasteiger partial charge in [-0.2, -0.15) is 5.10 Å². The number of aromatic amines is 1. The molecule has 3 rings (SSSR count). The van der Waals surface area contributed by atoms with Gasteiger partial charge in [0.05, 0.1) is 11.4 Å². The second-order valence-corrected chi connectivity index (χ2v) is 4.63. The van der Waals surface area contributed by atoms with E-state index in [1.165, 1.54) is 29.7 Å². The van der Waals surface area contributed by atoms with E-state index in [0.29, 0.717) is 6.04 Å². The molecule has 0 saturated carbocycles. The Hall–Kier alpha value is -1.61. The average Bonchev–Trinajstić information content (AvgIpc) is 2.99. The minimum absolute atomic E-state index is 0.458. The van der Waals surface area contributed by atoms with Gasteiger partial charge < -0.3 is 5.32 Å². The quantitative estimate of drug-likeness (QED) is 0.828. The van der Waals surface area contributed by atoms with Crippen molar-refractivity contribution in [2.24, 2.45) is 0 Å². The van der Waals surface area contributed by atoms with Gasteiger partial charge in [0.1, 0.15) is 0 Å². The highest BCUT2D eigenvalue weighted by molar-refractivity contribution is 5.63. The number of aromatic nitrogens is 2. The number of rotatable bonds is 2. The third-order valence-electron chi connectivity index (χ3n) is 3.50. The molecule has 1 aromatic carbocycles. The number of hydrogen-bond acceptors (Lipinski definition) is 2.